The quantitative estimate of drug-likeness (QED) is 0.802. The third kappa shape index (κ3) is 2.58. The van der Waals surface area contributed by atoms with Crippen LogP contribution in [-0.2, 0) is 6.54 Å². The van der Waals surface area contributed by atoms with Crippen LogP contribution in [0.3, 0.4) is 0 Å². The lowest BCUT2D eigenvalue weighted by Gasteiger charge is -2.26. The first-order chi connectivity index (χ1) is 6.84. The van der Waals surface area contributed by atoms with Gasteiger partial charge in [-0.05, 0) is 31.6 Å². The standard InChI is InChI=1S/C11H18N2O/c1-9-2-4-11(5-3-9)12-6-10-7-13-14-8-10/h7-9,11-12H,2-6H2,1H3. The van der Waals surface area contributed by atoms with Crippen LogP contribution in [0, 0.1) is 5.92 Å². The van der Waals surface area contributed by atoms with E-state index in [0.717, 1.165) is 18.0 Å². The van der Waals surface area contributed by atoms with Gasteiger partial charge in [0.05, 0.1) is 6.20 Å². The van der Waals surface area contributed by atoms with Crippen LogP contribution in [0.2, 0.25) is 0 Å². The van der Waals surface area contributed by atoms with Gasteiger partial charge in [0.25, 0.3) is 0 Å². The zero-order chi connectivity index (χ0) is 9.80. The molecule has 78 valence electrons. The fourth-order valence-corrected chi connectivity index (χ4v) is 2.04. The molecule has 1 aromatic heterocycles. The molecule has 1 fully saturated rings. The summed E-state index contributed by atoms with van der Waals surface area (Å²) in [7, 11) is 0. The third-order valence-electron chi connectivity index (χ3n) is 3.09. The lowest BCUT2D eigenvalue weighted by Crippen LogP contribution is -2.32. The first-order valence-corrected chi connectivity index (χ1v) is 5.46. The molecule has 0 spiro atoms. The monoisotopic (exact) mass is 194 g/mol. The Morgan fingerprint density at radius 3 is 2.86 bits per heavy atom. The van der Waals surface area contributed by atoms with E-state index in [9.17, 15) is 0 Å². The van der Waals surface area contributed by atoms with E-state index in [4.69, 9.17) is 4.52 Å². The SMILES string of the molecule is CC1CCC(NCc2cnoc2)CC1. The number of hydrogen-bond acceptors (Lipinski definition) is 3. The first kappa shape index (κ1) is 9.71. The van der Waals surface area contributed by atoms with Crippen molar-refractivity contribution in [2.75, 3.05) is 0 Å². The summed E-state index contributed by atoms with van der Waals surface area (Å²) in [6.07, 6.45) is 8.83. The predicted octanol–water partition coefficient (Wildman–Crippen LogP) is 2.34. The molecule has 1 N–H and O–H groups in total. The van der Waals surface area contributed by atoms with Crippen LogP contribution < -0.4 is 5.32 Å². The van der Waals surface area contributed by atoms with Crippen molar-refractivity contribution in [1.29, 1.82) is 0 Å². The van der Waals surface area contributed by atoms with Gasteiger partial charge in [0.1, 0.15) is 6.26 Å². The summed E-state index contributed by atoms with van der Waals surface area (Å²) in [5.41, 5.74) is 1.14. The molecule has 1 aliphatic rings. The van der Waals surface area contributed by atoms with Gasteiger partial charge in [-0.25, -0.2) is 0 Å². The Morgan fingerprint density at radius 2 is 2.21 bits per heavy atom. The molecular formula is C11H18N2O. The van der Waals surface area contributed by atoms with Crippen molar-refractivity contribution in [1.82, 2.24) is 10.5 Å². The molecule has 1 saturated carbocycles. The predicted molar refractivity (Wildman–Crippen MR) is 54.8 cm³/mol. The Hall–Kier alpha value is -0.830. The van der Waals surface area contributed by atoms with E-state index in [2.05, 4.69) is 17.4 Å². The lowest BCUT2D eigenvalue weighted by atomic mass is 9.87. The summed E-state index contributed by atoms with van der Waals surface area (Å²) in [5, 5.41) is 7.23. The molecule has 0 amide bonds. The van der Waals surface area contributed by atoms with Gasteiger partial charge in [0.2, 0.25) is 0 Å². The molecule has 1 aromatic rings. The van der Waals surface area contributed by atoms with Gasteiger partial charge in [-0.1, -0.05) is 12.1 Å². The molecule has 1 heterocycles. The van der Waals surface area contributed by atoms with Crippen molar-refractivity contribution in [2.45, 2.75) is 45.2 Å². The van der Waals surface area contributed by atoms with Gasteiger partial charge in [0.15, 0.2) is 0 Å². The normalized spacial score (nSPS) is 27.8. The molecule has 3 nitrogen and oxygen atoms in total. The van der Waals surface area contributed by atoms with Crippen molar-refractivity contribution in [3.63, 3.8) is 0 Å². The summed E-state index contributed by atoms with van der Waals surface area (Å²) < 4.78 is 4.78. The second-order valence-electron chi connectivity index (χ2n) is 4.37. The molecule has 0 saturated heterocycles. The number of nitrogens with one attached hydrogen (secondary N) is 1. The molecule has 14 heavy (non-hydrogen) atoms. The summed E-state index contributed by atoms with van der Waals surface area (Å²) >= 11 is 0. The van der Waals surface area contributed by atoms with Crippen molar-refractivity contribution in [3.8, 4) is 0 Å². The van der Waals surface area contributed by atoms with Crippen LogP contribution in [0.1, 0.15) is 38.2 Å². The largest absolute Gasteiger partial charge is 0.364 e. The van der Waals surface area contributed by atoms with Crippen molar-refractivity contribution in [3.05, 3.63) is 18.0 Å². The van der Waals surface area contributed by atoms with Gasteiger partial charge >= 0.3 is 0 Å². The molecule has 1 aliphatic carbocycles. The molecule has 2 rings (SSSR count). The average molecular weight is 194 g/mol. The molecule has 0 aromatic carbocycles. The fraction of sp³-hybridized carbons (Fsp3) is 0.727. The second kappa shape index (κ2) is 4.60. The first-order valence-electron chi connectivity index (χ1n) is 5.46. The van der Waals surface area contributed by atoms with Crippen LogP contribution in [0.15, 0.2) is 17.0 Å². The van der Waals surface area contributed by atoms with Crippen LogP contribution in [-0.4, -0.2) is 11.2 Å². The van der Waals surface area contributed by atoms with E-state index in [-0.39, 0.29) is 0 Å². The summed E-state index contributed by atoms with van der Waals surface area (Å²) in [5.74, 6) is 0.920. The summed E-state index contributed by atoms with van der Waals surface area (Å²) in [6, 6.07) is 0.695. The minimum Gasteiger partial charge on any atom is -0.364 e. The maximum Gasteiger partial charge on any atom is 0.128 e. The number of rotatable bonds is 3. The molecule has 0 aliphatic heterocycles. The van der Waals surface area contributed by atoms with Gasteiger partial charge in [-0.15, -0.1) is 0 Å². The Balaban J connectivity index is 1.71. The molecule has 0 radical (unpaired) electrons. The van der Waals surface area contributed by atoms with E-state index in [0.29, 0.717) is 6.04 Å². The van der Waals surface area contributed by atoms with E-state index < -0.39 is 0 Å². The van der Waals surface area contributed by atoms with Gasteiger partial charge in [0, 0.05) is 18.2 Å². The van der Waals surface area contributed by atoms with E-state index >= 15 is 0 Å². The van der Waals surface area contributed by atoms with E-state index in [1.807, 2.05) is 0 Å². The minimum absolute atomic E-state index is 0.695. The highest BCUT2D eigenvalue weighted by Gasteiger charge is 2.17. The lowest BCUT2D eigenvalue weighted by molar-refractivity contribution is 0.306. The minimum atomic E-state index is 0.695. The molecule has 0 unspecified atom stereocenters. The summed E-state index contributed by atoms with van der Waals surface area (Å²) in [4.78, 5) is 0. The molecule has 0 atom stereocenters. The Bertz CT molecular complexity index is 250. The van der Waals surface area contributed by atoms with Crippen LogP contribution >= 0.6 is 0 Å². The molecular weight excluding hydrogens is 176 g/mol. The van der Waals surface area contributed by atoms with Gasteiger partial charge in [-0.2, -0.15) is 0 Å². The molecule has 3 heteroatoms. The highest BCUT2D eigenvalue weighted by Crippen LogP contribution is 2.23. The van der Waals surface area contributed by atoms with Crippen molar-refractivity contribution >= 4 is 0 Å². The smallest absolute Gasteiger partial charge is 0.128 e. The Labute approximate surface area is 84.9 Å². The average Bonchev–Trinajstić information content (AvgIpc) is 2.70. The Kier molecular flexibility index (Phi) is 3.19. The zero-order valence-electron chi connectivity index (χ0n) is 8.70. The van der Waals surface area contributed by atoms with Crippen molar-refractivity contribution < 1.29 is 4.52 Å². The van der Waals surface area contributed by atoms with Crippen molar-refractivity contribution in [2.24, 2.45) is 5.92 Å². The topological polar surface area (TPSA) is 38.1 Å². The summed E-state index contributed by atoms with van der Waals surface area (Å²) in [6.45, 7) is 3.23. The molecule has 0 bridgehead atoms. The highest BCUT2D eigenvalue weighted by atomic mass is 16.5. The van der Waals surface area contributed by atoms with Crippen LogP contribution in [0.25, 0.3) is 0 Å². The number of nitrogens with zero attached hydrogens (tertiary/aromatic N) is 1. The van der Waals surface area contributed by atoms with Gasteiger partial charge in [-0.3, -0.25) is 0 Å². The zero-order valence-corrected chi connectivity index (χ0v) is 8.70. The van der Waals surface area contributed by atoms with E-state index in [1.54, 1.807) is 12.5 Å². The highest BCUT2D eigenvalue weighted by molar-refractivity contribution is 4.99. The Morgan fingerprint density at radius 1 is 1.43 bits per heavy atom. The van der Waals surface area contributed by atoms with E-state index in [1.165, 1.54) is 25.7 Å². The fourth-order valence-electron chi connectivity index (χ4n) is 2.04. The van der Waals surface area contributed by atoms with Crippen LogP contribution in [0.5, 0.6) is 0 Å². The number of aromatic nitrogens is 1. The maximum absolute atomic E-state index is 4.78. The van der Waals surface area contributed by atoms with Gasteiger partial charge < -0.3 is 9.84 Å². The van der Waals surface area contributed by atoms with Crippen LogP contribution in [0.4, 0.5) is 0 Å². The maximum atomic E-state index is 4.78. The number of hydrogen-bond donors (Lipinski definition) is 1. The third-order valence-corrected chi connectivity index (χ3v) is 3.09. The second-order valence-corrected chi connectivity index (χ2v) is 4.37.